The topological polar surface area (TPSA) is 61.4 Å². The van der Waals surface area contributed by atoms with Gasteiger partial charge in [-0.05, 0) is 42.8 Å². The Morgan fingerprint density at radius 2 is 1.57 bits per heavy atom. The Bertz CT molecular complexity index is 935. The van der Waals surface area contributed by atoms with Gasteiger partial charge in [0.15, 0.2) is 11.5 Å². The van der Waals surface area contributed by atoms with Gasteiger partial charge in [-0.3, -0.25) is 4.79 Å². The molecule has 3 aromatic rings. The molecule has 0 bridgehead atoms. The quantitative estimate of drug-likeness (QED) is 0.759. The van der Waals surface area contributed by atoms with Crippen molar-refractivity contribution in [2.75, 3.05) is 36.4 Å². The summed E-state index contributed by atoms with van der Waals surface area (Å²) in [5.41, 5.74) is 3.68. The number of piperazine rings is 1. The number of aryl methyl sites for hydroxylation is 1. The van der Waals surface area contributed by atoms with E-state index in [4.69, 9.17) is 0 Å². The average Bonchev–Trinajstić information content (AvgIpc) is 2.76. The first kappa shape index (κ1) is 18.0. The minimum absolute atomic E-state index is 0.0670. The fourth-order valence-electron chi connectivity index (χ4n) is 3.33. The van der Waals surface area contributed by atoms with E-state index in [1.165, 1.54) is 5.69 Å². The molecule has 1 aliphatic heterocycles. The van der Waals surface area contributed by atoms with E-state index in [1.807, 2.05) is 54.3 Å². The maximum atomic E-state index is 12.8. The number of aromatic nitrogens is 2. The maximum Gasteiger partial charge on any atom is 0.274 e. The molecule has 0 atom stereocenters. The number of benzene rings is 2. The van der Waals surface area contributed by atoms with Crippen LogP contribution < -0.4 is 10.2 Å². The monoisotopic (exact) mass is 373 g/mol. The highest BCUT2D eigenvalue weighted by Gasteiger charge is 2.23. The number of nitrogens with zero attached hydrogens (tertiary/aromatic N) is 4. The van der Waals surface area contributed by atoms with Gasteiger partial charge >= 0.3 is 0 Å². The normalized spacial score (nSPS) is 14.0. The first-order valence-corrected chi connectivity index (χ1v) is 9.46. The Morgan fingerprint density at radius 3 is 2.25 bits per heavy atom. The third-order valence-electron chi connectivity index (χ3n) is 4.98. The first-order valence-electron chi connectivity index (χ1n) is 9.46. The lowest BCUT2D eigenvalue weighted by Gasteiger charge is -2.35. The van der Waals surface area contributed by atoms with Gasteiger partial charge in [-0.25, -0.2) is 0 Å². The molecule has 28 heavy (non-hydrogen) atoms. The molecule has 0 aliphatic carbocycles. The molecule has 0 unspecified atom stereocenters. The number of hydrogen-bond acceptors (Lipinski definition) is 5. The highest BCUT2D eigenvalue weighted by molar-refractivity contribution is 5.92. The predicted octanol–water partition coefficient (Wildman–Crippen LogP) is 3.49. The van der Waals surface area contributed by atoms with Crippen molar-refractivity contribution >= 4 is 23.1 Å². The van der Waals surface area contributed by atoms with Crippen LogP contribution >= 0.6 is 0 Å². The summed E-state index contributed by atoms with van der Waals surface area (Å²) >= 11 is 0. The second-order valence-corrected chi connectivity index (χ2v) is 6.86. The largest absolute Gasteiger partial charge is 0.368 e. The molecule has 6 heteroatoms. The Morgan fingerprint density at radius 1 is 0.857 bits per heavy atom. The summed E-state index contributed by atoms with van der Waals surface area (Å²) in [6.07, 6.45) is 0. The Kier molecular flexibility index (Phi) is 5.19. The number of carbonyl (C=O) groups excluding carboxylic acids is 1. The molecule has 2 heterocycles. The van der Waals surface area contributed by atoms with E-state index in [9.17, 15) is 4.79 Å². The second-order valence-electron chi connectivity index (χ2n) is 6.86. The fourth-order valence-corrected chi connectivity index (χ4v) is 3.33. The van der Waals surface area contributed by atoms with Crippen LogP contribution in [-0.2, 0) is 0 Å². The van der Waals surface area contributed by atoms with Crippen LogP contribution in [0.3, 0.4) is 0 Å². The number of nitrogens with one attached hydrogen (secondary N) is 1. The Balaban J connectivity index is 1.37. The smallest absolute Gasteiger partial charge is 0.274 e. The molecule has 0 radical (unpaired) electrons. The SMILES string of the molecule is Cc1ccccc1Nc1ccc(C(=O)N2CCN(c3ccccc3)CC2)nn1. The van der Waals surface area contributed by atoms with Crippen molar-refractivity contribution in [2.45, 2.75) is 6.92 Å². The zero-order chi connectivity index (χ0) is 19.3. The number of amides is 1. The van der Waals surface area contributed by atoms with Crippen molar-refractivity contribution in [1.29, 1.82) is 0 Å². The van der Waals surface area contributed by atoms with Crippen molar-refractivity contribution in [3.8, 4) is 0 Å². The average molecular weight is 373 g/mol. The summed E-state index contributed by atoms with van der Waals surface area (Å²) in [4.78, 5) is 16.9. The molecule has 1 fully saturated rings. The molecule has 142 valence electrons. The lowest BCUT2D eigenvalue weighted by molar-refractivity contribution is 0.0739. The van der Waals surface area contributed by atoms with E-state index in [0.717, 1.165) is 24.3 Å². The predicted molar refractivity (Wildman–Crippen MR) is 111 cm³/mol. The van der Waals surface area contributed by atoms with Crippen LogP contribution in [0.15, 0.2) is 66.7 Å². The van der Waals surface area contributed by atoms with Gasteiger partial charge in [-0.2, -0.15) is 0 Å². The van der Waals surface area contributed by atoms with Crippen LogP contribution in [0.4, 0.5) is 17.2 Å². The van der Waals surface area contributed by atoms with E-state index in [0.29, 0.717) is 24.6 Å². The summed E-state index contributed by atoms with van der Waals surface area (Å²) in [6, 6.07) is 21.8. The van der Waals surface area contributed by atoms with Crippen molar-refractivity contribution in [2.24, 2.45) is 0 Å². The van der Waals surface area contributed by atoms with Crippen LogP contribution in [0.5, 0.6) is 0 Å². The number of anilines is 3. The summed E-state index contributed by atoms with van der Waals surface area (Å²) in [7, 11) is 0. The third kappa shape index (κ3) is 3.96. The molecule has 1 N–H and O–H groups in total. The highest BCUT2D eigenvalue weighted by atomic mass is 16.2. The lowest BCUT2D eigenvalue weighted by Crippen LogP contribution is -2.49. The van der Waals surface area contributed by atoms with Crippen LogP contribution in [0.1, 0.15) is 16.1 Å². The summed E-state index contributed by atoms with van der Waals surface area (Å²) < 4.78 is 0. The minimum Gasteiger partial charge on any atom is -0.368 e. The molecule has 0 saturated carbocycles. The molecule has 2 aromatic carbocycles. The minimum atomic E-state index is -0.0670. The van der Waals surface area contributed by atoms with Crippen molar-refractivity contribution in [3.63, 3.8) is 0 Å². The van der Waals surface area contributed by atoms with Gasteiger partial charge in [0.1, 0.15) is 0 Å². The summed E-state index contributed by atoms with van der Waals surface area (Å²) in [5.74, 6) is 0.558. The van der Waals surface area contributed by atoms with E-state index in [1.54, 1.807) is 12.1 Å². The second kappa shape index (κ2) is 8.08. The molecule has 1 amide bonds. The van der Waals surface area contributed by atoms with Gasteiger partial charge in [-0.1, -0.05) is 36.4 Å². The van der Waals surface area contributed by atoms with Crippen molar-refractivity contribution < 1.29 is 4.79 Å². The van der Waals surface area contributed by atoms with Crippen LogP contribution in [0.2, 0.25) is 0 Å². The molecule has 1 aromatic heterocycles. The lowest BCUT2D eigenvalue weighted by atomic mass is 10.2. The number of hydrogen-bond donors (Lipinski definition) is 1. The zero-order valence-corrected chi connectivity index (χ0v) is 15.9. The maximum absolute atomic E-state index is 12.8. The van der Waals surface area contributed by atoms with E-state index in [2.05, 4.69) is 32.5 Å². The summed E-state index contributed by atoms with van der Waals surface area (Å²) in [6.45, 7) is 5.02. The first-order chi connectivity index (χ1) is 13.7. The molecular formula is C22H23N5O. The Hall–Kier alpha value is -3.41. The highest BCUT2D eigenvalue weighted by Crippen LogP contribution is 2.19. The van der Waals surface area contributed by atoms with Gasteiger partial charge in [-0.15, -0.1) is 10.2 Å². The molecule has 1 aliphatic rings. The van der Waals surface area contributed by atoms with Crippen LogP contribution in [0.25, 0.3) is 0 Å². The molecule has 4 rings (SSSR count). The molecule has 6 nitrogen and oxygen atoms in total. The zero-order valence-electron chi connectivity index (χ0n) is 15.9. The van der Waals surface area contributed by atoms with Crippen molar-refractivity contribution in [3.05, 3.63) is 78.0 Å². The number of carbonyl (C=O) groups is 1. The van der Waals surface area contributed by atoms with Crippen LogP contribution in [0, 0.1) is 6.92 Å². The molecule has 0 spiro atoms. The molecular weight excluding hydrogens is 350 g/mol. The van der Waals surface area contributed by atoms with E-state index in [-0.39, 0.29) is 5.91 Å². The van der Waals surface area contributed by atoms with E-state index >= 15 is 0 Å². The molecule has 1 saturated heterocycles. The van der Waals surface area contributed by atoms with Gasteiger partial charge in [0.05, 0.1) is 0 Å². The van der Waals surface area contributed by atoms with Crippen LogP contribution in [-0.4, -0.2) is 47.2 Å². The summed E-state index contributed by atoms with van der Waals surface area (Å²) in [5, 5.41) is 11.6. The Labute approximate surface area is 164 Å². The van der Waals surface area contributed by atoms with E-state index < -0.39 is 0 Å². The van der Waals surface area contributed by atoms with Gasteiger partial charge in [0.2, 0.25) is 0 Å². The van der Waals surface area contributed by atoms with Gasteiger partial charge in [0.25, 0.3) is 5.91 Å². The third-order valence-corrected chi connectivity index (χ3v) is 4.98. The van der Waals surface area contributed by atoms with Gasteiger partial charge < -0.3 is 15.1 Å². The van der Waals surface area contributed by atoms with Crippen molar-refractivity contribution in [1.82, 2.24) is 15.1 Å². The standard InChI is InChI=1S/C22H23N5O/c1-17-7-5-6-10-19(17)23-21-12-11-20(24-25-21)22(28)27-15-13-26(14-16-27)18-8-3-2-4-9-18/h2-12H,13-16H2,1H3,(H,23,25). The number of para-hydroxylation sites is 2. The number of rotatable bonds is 4. The fraction of sp³-hybridized carbons (Fsp3) is 0.227. The van der Waals surface area contributed by atoms with Gasteiger partial charge in [0, 0.05) is 37.6 Å².